The summed E-state index contributed by atoms with van der Waals surface area (Å²) in [6, 6.07) is -4.73. The molecule has 13 heteroatoms. The standard InChI is InChI=1S/C22H42N6O7/c1-13(2)11-17(22(34)35)28-21(33)16(12-18(29)30)27-20(32)15(8-4-6-10-24)26-19(31)14(25)7-3-5-9-23/h13-17H,3-12,23-25H2,1-2H3,(H,26,31)(H,27,32)(H,28,33)(H,29,30)(H,34,35). The zero-order valence-corrected chi connectivity index (χ0v) is 20.6. The number of hydrogen-bond donors (Lipinski definition) is 8. The highest BCUT2D eigenvalue weighted by Crippen LogP contribution is 2.08. The molecule has 0 aromatic heterocycles. The Kier molecular flexibility index (Phi) is 16.2. The minimum absolute atomic E-state index is 0.0555. The molecule has 0 aromatic carbocycles. The monoisotopic (exact) mass is 502 g/mol. The lowest BCUT2D eigenvalue weighted by atomic mass is 10.0. The van der Waals surface area contributed by atoms with E-state index in [-0.39, 0.29) is 18.8 Å². The predicted molar refractivity (Wildman–Crippen MR) is 129 cm³/mol. The molecule has 0 aliphatic heterocycles. The second-order valence-corrected chi connectivity index (χ2v) is 8.92. The Balaban J connectivity index is 5.46. The van der Waals surface area contributed by atoms with Crippen molar-refractivity contribution in [3.05, 3.63) is 0 Å². The summed E-state index contributed by atoms with van der Waals surface area (Å²) in [5.41, 5.74) is 16.8. The van der Waals surface area contributed by atoms with E-state index >= 15 is 0 Å². The number of nitrogens with one attached hydrogen (secondary N) is 3. The second kappa shape index (κ2) is 17.6. The van der Waals surface area contributed by atoms with Crippen molar-refractivity contribution >= 4 is 29.7 Å². The van der Waals surface area contributed by atoms with Crippen molar-refractivity contribution in [2.75, 3.05) is 13.1 Å². The molecule has 202 valence electrons. The minimum Gasteiger partial charge on any atom is -0.481 e. The average Bonchev–Trinajstić information content (AvgIpc) is 2.76. The molecule has 0 rings (SSSR count). The van der Waals surface area contributed by atoms with Gasteiger partial charge in [0, 0.05) is 0 Å². The molecule has 13 nitrogen and oxygen atoms in total. The lowest BCUT2D eigenvalue weighted by molar-refractivity contribution is -0.144. The number of carboxylic acids is 2. The van der Waals surface area contributed by atoms with Gasteiger partial charge in [0.15, 0.2) is 0 Å². The first kappa shape index (κ1) is 32.2. The van der Waals surface area contributed by atoms with E-state index in [2.05, 4.69) is 16.0 Å². The van der Waals surface area contributed by atoms with Crippen LogP contribution in [0.2, 0.25) is 0 Å². The highest BCUT2D eigenvalue weighted by atomic mass is 16.4. The molecule has 0 aliphatic rings. The van der Waals surface area contributed by atoms with E-state index < -0.39 is 60.2 Å². The number of carbonyl (C=O) groups is 5. The highest BCUT2D eigenvalue weighted by molar-refractivity contribution is 5.95. The van der Waals surface area contributed by atoms with E-state index in [1.54, 1.807) is 13.8 Å². The number of aliphatic carboxylic acids is 2. The second-order valence-electron chi connectivity index (χ2n) is 8.92. The Morgan fingerprint density at radius 2 is 1.20 bits per heavy atom. The summed E-state index contributed by atoms with van der Waals surface area (Å²) in [5.74, 6) is -4.98. The van der Waals surface area contributed by atoms with Crippen molar-refractivity contribution in [2.24, 2.45) is 23.1 Å². The quantitative estimate of drug-likeness (QED) is 0.0963. The maximum absolute atomic E-state index is 12.9. The molecule has 0 aliphatic carbocycles. The number of hydrogen-bond acceptors (Lipinski definition) is 8. The Hall–Kier alpha value is -2.77. The molecule has 0 spiro atoms. The van der Waals surface area contributed by atoms with Crippen molar-refractivity contribution in [1.82, 2.24) is 16.0 Å². The molecule has 0 aromatic rings. The summed E-state index contributed by atoms with van der Waals surface area (Å²) < 4.78 is 0. The summed E-state index contributed by atoms with van der Waals surface area (Å²) in [6.45, 7) is 4.38. The Morgan fingerprint density at radius 3 is 1.69 bits per heavy atom. The third-order valence-electron chi connectivity index (χ3n) is 5.22. The van der Waals surface area contributed by atoms with Crippen molar-refractivity contribution in [3.8, 4) is 0 Å². The van der Waals surface area contributed by atoms with Gasteiger partial charge in [0.2, 0.25) is 17.7 Å². The van der Waals surface area contributed by atoms with Gasteiger partial charge in [0.1, 0.15) is 18.1 Å². The number of carboxylic acid groups (broad SMARTS) is 2. The topological polar surface area (TPSA) is 240 Å². The molecule has 0 fully saturated rings. The molecule has 0 heterocycles. The third kappa shape index (κ3) is 14.3. The van der Waals surface area contributed by atoms with Crippen molar-refractivity contribution in [3.63, 3.8) is 0 Å². The molecule has 0 radical (unpaired) electrons. The first-order chi connectivity index (χ1) is 16.4. The number of nitrogens with two attached hydrogens (primary N) is 3. The fraction of sp³-hybridized carbons (Fsp3) is 0.773. The lowest BCUT2D eigenvalue weighted by Gasteiger charge is -2.25. The average molecular weight is 503 g/mol. The van der Waals surface area contributed by atoms with Crippen LogP contribution in [-0.2, 0) is 24.0 Å². The SMILES string of the molecule is CC(C)CC(NC(=O)C(CC(=O)O)NC(=O)C(CCCCN)NC(=O)C(N)CCCCN)C(=O)O. The first-order valence-electron chi connectivity index (χ1n) is 11.9. The highest BCUT2D eigenvalue weighted by Gasteiger charge is 2.31. The fourth-order valence-corrected chi connectivity index (χ4v) is 3.30. The van der Waals surface area contributed by atoms with Crippen molar-refractivity contribution in [2.45, 2.75) is 89.4 Å². The molecular weight excluding hydrogens is 460 g/mol. The van der Waals surface area contributed by atoms with Crippen LogP contribution in [0.25, 0.3) is 0 Å². The van der Waals surface area contributed by atoms with Gasteiger partial charge in [-0.25, -0.2) is 4.79 Å². The molecule has 0 saturated carbocycles. The summed E-state index contributed by atoms with van der Waals surface area (Å²) in [7, 11) is 0. The van der Waals surface area contributed by atoms with E-state index in [0.29, 0.717) is 45.2 Å². The first-order valence-corrected chi connectivity index (χ1v) is 11.9. The van der Waals surface area contributed by atoms with Gasteiger partial charge < -0.3 is 43.4 Å². The van der Waals surface area contributed by atoms with E-state index in [1.165, 1.54) is 0 Å². The molecule has 3 amide bonds. The van der Waals surface area contributed by atoms with Gasteiger partial charge in [-0.3, -0.25) is 19.2 Å². The summed E-state index contributed by atoms with van der Waals surface area (Å²) in [5, 5.41) is 25.8. The molecule has 4 atom stereocenters. The predicted octanol–water partition coefficient (Wildman–Crippen LogP) is -1.37. The maximum atomic E-state index is 12.9. The number of amides is 3. The van der Waals surface area contributed by atoms with Gasteiger partial charge in [0.05, 0.1) is 12.5 Å². The van der Waals surface area contributed by atoms with E-state index in [0.717, 1.165) is 0 Å². The van der Waals surface area contributed by atoms with Crippen LogP contribution in [0.4, 0.5) is 0 Å². The number of unbranched alkanes of at least 4 members (excludes halogenated alkanes) is 2. The van der Waals surface area contributed by atoms with Gasteiger partial charge in [-0.2, -0.15) is 0 Å². The van der Waals surface area contributed by atoms with Gasteiger partial charge in [-0.15, -0.1) is 0 Å². The molecule has 0 bridgehead atoms. The van der Waals surface area contributed by atoms with E-state index in [4.69, 9.17) is 17.2 Å². The zero-order valence-electron chi connectivity index (χ0n) is 20.6. The van der Waals surface area contributed by atoms with Crippen LogP contribution in [-0.4, -0.2) is 77.1 Å². The van der Waals surface area contributed by atoms with Crippen LogP contribution in [0.5, 0.6) is 0 Å². The summed E-state index contributed by atoms with van der Waals surface area (Å²) >= 11 is 0. The van der Waals surface area contributed by atoms with Crippen LogP contribution in [0.3, 0.4) is 0 Å². The van der Waals surface area contributed by atoms with Gasteiger partial charge in [0.25, 0.3) is 0 Å². The largest absolute Gasteiger partial charge is 0.481 e. The molecular formula is C22H42N6O7. The fourth-order valence-electron chi connectivity index (χ4n) is 3.30. The van der Waals surface area contributed by atoms with Crippen LogP contribution in [0, 0.1) is 5.92 Å². The zero-order chi connectivity index (χ0) is 27.0. The van der Waals surface area contributed by atoms with Gasteiger partial charge in [-0.1, -0.05) is 20.3 Å². The smallest absolute Gasteiger partial charge is 0.326 e. The number of rotatable bonds is 19. The van der Waals surface area contributed by atoms with E-state index in [1.807, 2.05) is 0 Å². The van der Waals surface area contributed by atoms with Crippen LogP contribution < -0.4 is 33.2 Å². The van der Waals surface area contributed by atoms with Crippen molar-refractivity contribution < 1.29 is 34.2 Å². The van der Waals surface area contributed by atoms with Gasteiger partial charge in [-0.05, 0) is 57.5 Å². The molecule has 11 N–H and O–H groups in total. The van der Waals surface area contributed by atoms with Crippen LogP contribution in [0.15, 0.2) is 0 Å². The third-order valence-corrected chi connectivity index (χ3v) is 5.22. The lowest BCUT2D eigenvalue weighted by Crippen LogP contribution is -2.57. The van der Waals surface area contributed by atoms with Crippen molar-refractivity contribution in [1.29, 1.82) is 0 Å². The van der Waals surface area contributed by atoms with Crippen LogP contribution in [0.1, 0.15) is 65.2 Å². The Labute approximate surface area is 205 Å². The maximum Gasteiger partial charge on any atom is 0.326 e. The van der Waals surface area contributed by atoms with Crippen LogP contribution >= 0.6 is 0 Å². The van der Waals surface area contributed by atoms with Gasteiger partial charge >= 0.3 is 11.9 Å². The number of carbonyl (C=O) groups excluding carboxylic acids is 3. The molecule has 35 heavy (non-hydrogen) atoms. The molecule has 4 unspecified atom stereocenters. The molecule has 0 saturated heterocycles. The Bertz CT molecular complexity index is 704. The summed E-state index contributed by atoms with van der Waals surface area (Å²) in [4.78, 5) is 60.9. The Morgan fingerprint density at radius 1 is 0.714 bits per heavy atom. The normalized spacial score (nSPS) is 14.5. The minimum atomic E-state index is -1.54. The summed E-state index contributed by atoms with van der Waals surface area (Å²) in [6.07, 6.45) is 2.31. The van der Waals surface area contributed by atoms with E-state index in [9.17, 15) is 34.2 Å².